The predicted molar refractivity (Wildman–Crippen MR) is 84.0 cm³/mol. The quantitative estimate of drug-likeness (QED) is 0.545. The van der Waals surface area contributed by atoms with E-state index in [-0.39, 0.29) is 17.0 Å². The number of nitrogens with zero attached hydrogens (tertiary/aromatic N) is 2. The number of alkyl halides is 2. The number of hydrogen-bond donors (Lipinski definition) is 4. The number of hydrogen-bond acceptors (Lipinski definition) is 6. The number of nitrogen functional groups attached to an aromatic ring is 1. The molecule has 1 aliphatic heterocycles. The summed E-state index contributed by atoms with van der Waals surface area (Å²) in [6, 6.07) is 1.37. The minimum Gasteiger partial charge on any atom is -0.391 e. The van der Waals surface area contributed by atoms with E-state index >= 15 is 4.39 Å². The van der Waals surface area contributed by atoms with Gasteiger partial charge < -0.3 is 25.3 Å². The predicted octanol–water partition coefficient (Wildman–Crippen LogP) is -0.373. The molecule has 2 aromatic rings. The van der Waals surface area contributed by atoms with Crippen LogP contribution in [-0.4, -0.2) is 55.4 Å². The molecule has 3 heterocycles. The van der Waals surface area contributed by atoms with E-state index in [4.69, 9.17) is 10.5 Å². The molecular weight excluding hydrogens is 338 g/mol. The third-order valence-corrected chi connectivity index (χ3v) is 4.06. The number of halogens is 2. The number of nitrogens with two attached hydrogens (primary N) is 1. The molecular formula is C15H16F2N4O4. The van der Waals surface area contributed by atoms with Crippen LogP contribution in [-0.2, 0) is 4.74 Å². The highest BCUT2D eigenvalue weighted by Crippen LogP contribution is 2.43. The maximum Gasteiger partial charge on any atom is 0.261 e. The van der Waals surface area contributed by atoms with Crippen LogP contribution in [0, 0.1) is 11.8 Å². The van der Waals surface area contributed by atoms with Gasteiger partial charge in [-0.15, -0.1) is 0 Å². The number of aliphatic hydroxyl groups is 2. The average Bonchev–Trinajstić information content (AvgIpc) is 3.06. The molecule has 0 amide bonds. The SMILES string of the molecule is C[C@@H](O)[C@H]1O[C@@H](n2ccc3c(=O)[nH]c(N)nc32)[C@@](F)(C#CCF)C1O. The number of ether oxygens (including phenoxy) is 1. The Labute approximate surface area is 140 Å². The van der Waals surface area contributed by atoms with Gasteiger partial charge in [-0.1, -0.05) is 11.8 Å². The summed E-state index contributed by atoms with van der Waals surface area (Å²) in [5.74, 6) is 3.78. The lowest BCUT2D eigenvalue weighted by atomic mass is 9.94. The summed E-state index contributed by atoms with van der Waals surface area (Å²) in [7, 11) is 0. The van der Waals surface area contributed by atoms with Crippen molar-refractivity contribution < 1.29 is 23.7 Å². The normalized spacial score (nSPS) is 30.2. The monoisotopic (exact) mass is 354 g/mol. The van der Waals surface area contributed by atoms with Crippen molar-refractivity contribution in [3.05, 3.63) is 22.6 Å². The number of nitrogens with one attached hydrogen (secondary N) is 1. The van der Waals surface area contributed by atoms with Crippen LogP contribution in [0.4, 0.5) is 14.7 Å². The van der Waals surface area contributed by atoms with E-state index in [1.165, 1.54) is 19.2 Å². The lowest BCUT2D eigenvalue weighted by molar-refractivity contribution is -0.0775. The van der Waals surface area contributed by atoms with Gasteiger partial charge in [0, 0.05) is 6.20 Å². The van der Waals surface area contributed by atoms with E-state index < -0.39 is 42.4 Å². The molecule has 1 saturated heterocycles. The van der Waals surface area contributed by atoms with Crippen molar-refractivity contribution in [2.45, 2.75) is 37.1 Å². The van der Waals surface area contributed by atoms with E-state index in [0.717, 1.165) is 4.57 Å². The van der Waals surface area contributed by atoms with E-state index in [1.54, 1.807) is 0 Å². The van der Waals surface area contributed by atoms with Crippen LogP contribution in [0.5, 0.6) is 0 Å². The molecule has 5 atom stereocenters. The lowest BCUT2D eigenvalue weighted by Crippen LogP contribution is -2.44. The molecule has 25 heavy (non-hydrogen) atoms. The highest BCUT2D eigenvalue weighted by molar-refractivity contribution is 5.76. The molecule has 134 valence electrons. The summed E-state index contributed by atoms with van der Waals surface area (Å²) in [4.78, 5) is 18.2. The Balaban J connectivity index is 2.18. The zero-order valence-corrected chi connectivity index (χ0v) is 13.1. The number of aromatic amines is 1. The second-order valence-corrected chi connectivity index (χ2v) is 5.75. The van der Waals surface area contributed by atoms with Crippen molar-refractivity contribution in [1.82, 2.24) is 14.5 Å². The minimum absolute atomic E-state index is 0.00812. The Morgan fingerprint density at radius 2 is 2.36 bits per heavy atom. The van der Waals surface area contributed by atoms with E-state index in [2.05, 4.69) is 9.97 Å². The molecule has 2 aromatic heterocycles. The first kappa shape index (κ1) is 17.3. The average molecular weight is 354 g/mol. The van der Waals surface area contributed by atoms with Crippen LogP contribution in [0.1, 0.15) is 13.2 Å². The molecule has 0 bridgehead atoms. The van der Waals surface area contributed by atoms with Gasteiger partial charge in [-0.3, -0.25) is 9.78 Å². The van der Waals surface area contributed by atoms with Crippen molar-refractivity contribution in [3.63, 3.8) is 0 Å². The topological polar surface area (TPSA) is 126 Å². The first-order chi connectivity index (χ1) is 11.8. The van der Waals surface area contributed by atoms with Crippen molar-refractivity contribution in [3.8, 4) is 11.8 Å². The minimum atomic E-state index is -2.72. The molecule has 0 aromatic carbocycles. The summed E-state index contributed by atoms with van der Waals surface area (Å²) in [5.41, 5.74) is 2.27. The fourth-order valence-electron chi connectivity index (χ4n) is 2.91. The summed E-state index contributed by atoms with van der Waals surface area (Å²) in [5, 5.41) is 20.1. The smallest absolute Gasteiger partial charge is 0.261 e. The van der Waals surface area contributed by atoms with Gasteiger partial charge in [-0.05, 0) is 13.0 Å². The molecule has 1 aliphatic rings. The number of aromatic nitrogens is 3. The van der Waals surface area contributed by atoms with Crippen LogP contribution in [0.2, 0.25) is 0 Å². The van der Waals surface area contributed by atoms with Crippen LogP contribution in [0.15, 0.2) is 17.1 Å². The summed E-state index contributed by atoms with van der Waals surface area (Å²) >= 11 is 0. The van der Waals surface area contributed by atoms with Crippen molar-refractivity contribution >= 4 is 17.0 Å². The Morgan fingerprint density at radius 3 is 3.00 bits per heavy atom. The standard InChI is InChI=1S/C15H16F2N4O4/c1-7(22)9-10(23)15(17,4-2-5-16)13(25-9)21-6-3-8-11(21)19-14(18)20-12(8)24/h3,6-7,9-10,13,22-23H,5H2,1H3,(H3,18,19,20,24)/t7-,9-,10?,13-,15-/m1/s1. The third-order valence-electron chi connectivity index (χ3n) is 4.06. The summed E-state index contributed by atoms with van der Waals surface area (Å²) < 4.78 is 34.5. The highest BCUT2D eigenvalue weighted by Gasteiger charge is 2.59. The van der Waals surface area contributed by atoms with Gasteiger partial charge >= 0.3 is 0 Å². The molecule has 3 rings (SSSR count). The van der Waals surface area contributed by atoms with Crippen LogP contribution < -0.4 is 11.3 Å². The second-order valence-electron chi connectivity index (χ2n) is 5.75. The lowest BCUT2D eigenvalue weighted by Gasteiger charge is -2.24. The first-order valence-electron chi connectivity index (χ1n) is 7.42. The number of aliphatic hydroxyl groups excluding tert-OH is 2. The van der Waals surface area contributed by atoms with Gasteiger partial charge in [0.05, 0.1) is 11.5 Å². The maximum atomic E-state index is 15.5. The molecule has 1 fully saturated rings. The van der Waals surface area contributed by atoms with Gasteiger partial charge in [-0.25, -0.2) is 8.78 Å². The van der Waals surface area contributed by atoms with Crippen molar-refractivity contribution in [2.24, 2.45) is 0 Å². The number of rotatable bonds is 2. The van der Waals surface area contributed by atoms with Gasteiger partial charge in [0.2, 0.25) is 11.6 Å². The zero-order valence-electron chi connectivity index (χ0n) is 13.1. The zero-order chi connectivity index (χ0) is 18.4. The van der Waals surface area contributed by atoms with Gasteiger partial charge in [-0.2, -0.15) is 4.98 Å². The van der Waals surface area contributed by atoms with E-state index in [1.807, 2.05) is 11.8 Å². The molecule has 0 aliphatic carbocycles. The Bertz CT molecular complexity index is 916. The Kier molecular flexibility index (Phi) is 4.24. The summed E-state index contributed by atoms with van der Waals surface area (Å²) in [6.07, 6.45) is -4.61. The fraction of sp³-hybridized carbons (Fsp3) is 0.467. The van der Waals surface area contributed by atoms with Crippen LogP contribution in [0.25, 0.3) is 11.0 Å². The fourth-order valence-corrected chi connectivity index (χ4v) is 2.91. The Morgan fingerprint density at radius 1 is 1.64 bits per heavy atom. The highest BCUT2D eigenvalue weighted by atomic mass is 19.1. The molecule has 1 unspecified atom stereocenters. The number of fused-ring (bicyclic) bond motifs is 1. The maximum absolute atomic E-state index is 15.5. The van der Waals surface area contributed by atoms with E-state index in [9.17, 15) is 19.4 Å². The molecule has 5 N–H and O–H groups in total. The van der Waals surface area contributed by atoms with E-state index in [0.29, 0.717) is 0 Å². The number of anilines is 1. The molecule has 0 radical (unpaired) electrons. The van der Waals surface area contributed by atoms with Crippen molar-refractivity contribution in [1.29, 1.82) is 0 Å². The van der Waals surface area contributed by atoms with Crippen LogP contribution >= 0.6 is 0 Å². The summed E-state index contributed by atoms with van der Waals surface area (Å²) in [6.45, 7) is 0.190. The van der Waals surface area contributed by atoms with Gasteiger partial charge in [0.15, 0.2) is 11.9 Å². The first-order valence-corrected chi connectivity index (χ1v) is 7.42. The second kappa shape index (κ2) is 6.11. The van der Waals surface area contributed by atoms with Crippen molar-refractivity contribution in [2.75, 3.05) is 12.4 Å². The molecule has 0 spiro atoms. The Hall–Kier alpha value is -2.48. The largest absolute Gasteiger partial charge is 0.391 e. The molecule has 10 heteroatoms. The third kappa shape index (κ3) is 2.66. The van der Waals surface area contributed by atoms with Crippen LogP contribution in [0.3, 0.4) is 0 Å². The van der Waals surface area contributed by atoms with Gasteiger partial charge in [0.1, 0.15) is 18.9 Å². The van der Waals surface area contributed by atoms with Gasteiger partial charge in [0.25, 0.3) is 5.56 Å². The molecule has 0 saturated carbocycles. The molecule has 8 nitrogen and oxygen atoms in total. The number of H-pyrrole nitrogens is 1.